The van der Waals surface area contributed by atoms with Crippen LogP contribution in [0.4, 0.5) is 0 Å². The normalized spacial score (nSPS) is 51.0. The summed E-state index contributed by atoms with van der Waals surface area (Å²) in [6.45, 7) is 14.8. The fourth-order valence-corrected chi connectivity index (χ4v) is 14.2. The Balaban J connectivity index is 1.01. The van der Waals surface area contributed by atoms with Crippen LogP contribution in [0.15, 0.2) is 11.6 Å². The Labute approximate surface area is 393 Å². The van der Waals surface area contributed by atoms with Crippen molar-refractivity contribution >= 4 is 0 Å². The third-order valence-electron chi connectivity index (χ3n) is 18.7. The summed E-state index contributed by atoms with van der Waals surface area (Å²) in [7, 11) is 0. The lowest BCUT2D eigenvalue weighted by atomic mass is 9.38. The summed E-state index contributed by atoms with van der Waals surface area (Å²) in [4.78, 5) is 0. The van der Waals surface area contributed by atoms with Gasteiger partial charge in [0.2, 0.25) is 0 Å². The zero-order valence-corrected chi connectivity index (χ0v) is 40.3. The quantitative estimate of drug-likeness (QED) is 0.0924. The molecular formula is C48H82O19. The highest BCUT2D eigenvalue weighted by Crippen LogP contribution is 2.75. The van der Waals surface area contributed by atoms with Crippen molar-refractivity contribution in [2.45, 2.75) is 223 Å². The Hall–Kier alpha value is -1.02. The van der Waals surface area contributed by atoms with Gasteiger partial charge < -0.3 is 94.8 Å². The summed E-state index contributed by atoms with van der Waals surface area (Å²) >= 11 is 0. The molecule has 0 aromatic heterocycles. The highest BCUT2D eigenvalue weighted by molar-refractivity contribution is 5.32. The molecule has 0 radical (unpaired) electrons. The van der Waals surface area contributed by atoms with Crippen molar-refractivity contribution in [1.29, 1.82) is 0 Å². The summed E-state index contributed by atoms with van der Waals surface area (Å²) in [6, 6.07) is 0. The molecule has 19 heteroatoms. The van der Waals surface area contributed by atoms with Gasteiger partial charge in [0.25, 0.3) is 0 Å². The van der Waals surface area contributed by atoms with Gasteiger partial charge in [0.05, 0.1) is 43.7 Å². The number of fused-ring (bicyclic) bond motifs is 5. The van der Waals surface area contributed by atoms with Crippen molar-refractivity contribution in [3.05, 3.63) is 11.6 Å². The molecule has 0 spiro atoms. The molecule has 0 unspecified atom stereocenters. The predicted molar refractivity (Wildman–Crippen MR) is 235 cm³/mol. The third kappa shape index (κ3) is 9.24. The molecule has 13 N–H and O–H groups in total. The molecule has 7 rings (SSSR count). The molecule has 0 aromatic carbocycles. The predicted octanol–water partition coefficient (Wildman–Crippen LogP) is -1.06. The van der Waals surface area contributed by atoms with Crippen LogP contribution in [0.5, 0.6) is 0 Å². The molecule has 3 heterocycles. The van der Waals surface area contributed by atoms with Crippen LogP contribution >= 0.6 is 0 Å². The molecule has 0 amide bonds. The number of hydrogen-bond acceptors (Lipinski definition) is 19. The zero-order chi connectivity index (χ0) is 49.5. The van der Waals surface area contributed by atoms with Gasteiger partial charge in [-0.05, 0) is 99.7 Å². The monoisotopic (exact) mass is 963 g/mol. The van der Waals surface area contributed by atoms with Gasteiger partial charge in [-0.3, -0.25) is 0 Å². The van der Waals surface area contributed by atoms with Crippen LogP contribution in [-0.2, 0) is 28.4 Å². The van der Waals surface area contributed by atoms with E-state index in [0.717, 1.165) is 25.7 Å². The molecule has 4 aliphatic carbocycles. The van der Waals surface area contributed by atoms with Gasteiger partial charge in [0.1, 0.15) is 73.2 Å². The molecule has 67 heavy (non-hydrogen) atoms. The maximum atomic E-state index is 12.6. The average Bonchev–Trinajstić information content (AvgIpc) is 3.54. The van der Waals surface area contributed by atoms with E-state index in [-0.39, 0.29) is 34.5 Å². The van der Waals surface area contributed by atoms with E-state index in [4.69, 9.17) is 28.4 Å². The lowest BCUT2D eigenvalue weighted by molar-refractivity contribution is -0.341. The molecule has 0 aromatic rings. The SMILES string of the molecule is C[C@@H](CC[C@H](O[C@H]1O[C@@H](CO[C@H]2O[C@@H](CO)[C@H](O)[C@@H](O)[C@@H]2O)[C@H](O)[C@@H](O)[C@@H]1O)C(C)(C)O)[C@@H]1CC[C@]2(C)[C@@H]3CC=C4[C@H](CC[C@@H](O[C@H]5O[C@@H](CO)[C@H](O)[C@@H](O)[C@@H]5O)C4(C)C)[C@@]3(C)[C@@H](O)C[C@@]12C. The van der Waals surface area contributed by atoms with E-state index in [1.54, 1.807) is 13.8 Å². The summed E-state index contributed by atoms with van der Waals surface area (Å²) in [5.74, 6) is 0.547. The molecule has 6 fully saturated rings. The third-order valence-corrected chi connectivity index (χ3v) is 18.7. The number of rotatable bonds is 14. The fourth-order valence-electron chi connectivity index (χ4n) is 14.2. The first kappa shape index (κ1) is 53.8. The Bertz CT molecular complexity index is 1710. The minimum absolute atomic E-state index is 0.0596. The van der Waals surface area contributed by atoms with E-state index in [2.05, 4.69) is 47.6 Å². The first-order chi connectivity index (χ1) is 31.2. The van der Waals surface area contributed by atoms with Crippen LogP contribution in [0.2, 0.25) is 0 Å². The summed E-state index contributed by atoms with van der Waals surface area (Å²) in [5, 5.41) is 138. The van der Waals surface area contributed by atoms with Gasteiger partial charge in [-0.25, -0.2) is 0 Å². The van der Waals surface area contributed by atoms with E-state index in [0.29, 0.717) is 25.7 Å². The molecule has 3 saturated heterocycles. The first-order valence-corrected chi connectivity index (χ1v) is 24.5. The zero-order valence-electron chi connectivity index (χ0n) is 40.3. The van der Waals surface area contributed by atoms with Gasteiger partial charge in [0, 0.05) is 10.8 Å². The Kier molecular flexibility index (Phi) is 15.9. The van der Waals surface area contributed by atoms with Crippen LogP contribution in [0, 0.1) is 45.3 Å². The standard InChI is InChI=1S/C48H82O19/c1-21(9-13-31(45(4,5)61)67-43-40(60)37(57)34(54)27(65-43)20-62-41-38(58)35(55)32(52)25(18-49)63-41)22-15-16-46(6)28-12-10-23-24(48(28,8)29(51)17-47(22,46)7)11-14-30(44(23,2)3)66-42-39(59)36(56)33(53)26(19-50)64-42/h10,21-22,24-43,49-61H,9,11-20H2,1-8H3/t21-,22-,24-,25-,26-,27-,28-,29-,30+,31-,32-,33-,34-,35+,36+,37+,38-,39-,40-,41-,42+,43+,46+,47-,48+/m0/s1. The Morgan fingerprint density at radius 2 is 1.21 bits per heavy atom. The van der Waals surface area contributed by atoms with E-state index in [1.807, 2.05) is 0 Å². The van der Waals surface area contributed by atoms with Crippen molar-refractivity contribution in [3.8, 4) is 0 Å². The van der Waals surface area contributed by atoms with Crippen molar-refractivity contribution in [3.63, 3.8) is 0 Å². The fraction of sp³-hybridized carbons (Fsp3) is 0.958. The molecule has 3 saturated carbocycles. The van der Waals surface area contributed by atoms with Crippen LogP contribution in [0.3, 0.4) is 0 Å². The summed E-state index contributed by atoms with van der Waals surface area (Å²) < 4.78 is 35.3. The van der Waals surface area contributed by atoms with E-state index >= 15 is 0 Å². The minimum atomic E-state index is -1.75. The van der Waals surface area contributed by atoms with E-state index in [1.165, 1.54) is 5.57 Å². The van der Waals surface area contributed by atoms with Crippen LogP contribution in [0.1, 0.15) is 107 Å². The smallest absolute Gasteiger partial charge is 0.187 e. The molecule has 388 valence electrons. The molecule has 0 bridgehead atoms. The van der Waals surface area contributed by atoms with Crippen LogP contribution in [0.25, 0.3) is 0 Å². The van der Waals surface area contributed by atoms with Gasteiger partial charge in [-0.15, -0.1) is 0 Å². The number of allylic oxidation sites excluding steroid dienone is 1. The number of aliphatic hydroxyl groups excluding tert-OH is 12. The van der Waals surface area contributed by atoms with Gasteiger partial charge >= 0.3 is 0 Å². The van der Waals surface area contributed by atoms with Gasteiger partial charge in [-0.2, -0.15) is 0 Å². The molecule has 3 aliphatic heterocycles. The lowest BCUT2D eigenvalue weighted by Gasteiger charge is -2.67. The molecule has 19 nitrogen and oxygen atoms in total. The molecule has 25 atom stereocenters. The molecular weight excluding hydrogens is 881 g/mol. The molecule has 7 aliphatic rings. The number of ether oxygens (including phenoxy) is 6. The Morgan fingerprint density at radius 1 is 0.672 bits per heavy atom. The average molecular weight is 963 g/mol. The van der Waals surface area contributed by atoms with E-state index in [9.17, 15) is 66.4 Å². The van der Waals surface area contributed by atoms with Crippen molar-refractivity contribution in [2.75, 3.05) is 19.8 Å². The van der Waals surface area contributed by atoms with Crippen molar-refractivity contribution in [1.82, 2.24) is 0 Å². The summed E-state index contributed by atoms with van der Waals surface area (Å²) in [5.41, 5.74) is -1.60. The highest BCUT2D eigenvalue weighted by atomic mass is 16.7. The van der Waals surface area contributed by atoms with E-state index < -0.39 is 147 Å². The minimum Gasteiger partial charge on any atom is -0.394 e. The summed E-state index contributed by atoms with van der Waals surface area (Å²) in [6.07, 6.45) is -16.7. The van der Waals surface area contributed by atoms with Gasteiger partial charge in [-0.1, -0.05) is 53.2 Å². The van der Waals surface area contributed by atoms with Crippen molar-refractivity contribution in [2.24, 2.45) is 45.3 Å². The second kappa shape index (κ2) is 19.8. The highest BCUT2D eigenvalue weighted by Gasteiger charge is 2.70. The Morgan fingerprint density at radius 3 is 1.79 bits per heavy atom. The first-order valence-electron chi connectivity index (χ1n) is 24.5. The van der Waals surface area contributed by atoms with Crippen LogP contribution in [-0.4, -0.2) is 202 Å². The number of aliphatic hydroxyl groups is 13. The maximum Gasteiger partial charge on any atom is 0.187 e. The second-order valence-electron chi connectivity index (χ2n) is 23.1. The number of hydrogen-bond donors (Lipinski definition) is 13. The van der Waals surface area contributed by atoms with Crippen molar-refractivity contribution < 1.29 is 94.8 Å². The topological polar surface area (TPSA) is 318 Å². The maximum absolute atomic E-state index is 12.6. The largest absolute Gasteiger partial charge is 0.394 e. The van der Waals surface area contributed by atoms with Crippen LogP contribution < -0.4 is 0 Å². The lowest BCUT2D eigenvalue weighted by Crippen LogP contribution is -2.65. The van der Waals surface area contributed by atoms with Gasteiger partial charge in [0.15, 0.2) is 18.9 Å². The second-order valence-corrected chi connectivity index (χ2v) is 23.1.